The van der Waals surface area contributed by atoms with Gasteiger partial charge in [0, 0.05) is 5.56 Å². The molecule has 0 bridgehead atoms. The molecule has 5 rings (SSSR count). The summed E-state index contributed by atoms with van der Waals surface area (Å²) in [5.41, 5.74) is 4.09. The van der Waals surface area contributed by atoms with E-state index in [1.54, 1.807) is 24.3 Å². The van der Waals surface area contributed by atoms with Crippen LogP contribution in [-0.2, 0) is 0 Å². The highest BCUT2D eigenvalue weighted by Crippen LogP contribution is 2.41. The Balaban J connectivity index is 1.57. The summed E-state index contributed by atoms with van der Waals surface area (Å²) in [6, 6.07) is 17.5. The zero-order valence-corrected chi connectivity index (χ0v) is 20.6. The molecule has 36 heavy (non-hydrogen) atoms. The zero-order chi connectivity index (χ0) is 25.2. The Morgan fingerprint density at radius 2 is 1.42 bits per heavy atom. The predicted octanol–water partition coefficient (Wildman–Crippen LogP) is 6.13. The number of unbranched alkanes of at least 4 members (excludes halogenated alkanes) is 4. The van der Waals surface area contributed by atoms with Crippen molar-refractivity contribution in [2.45, 2.75) is 58.4 Å². The lowest BCUT2D eigenvalue weighted by Gasteiger charge is -2.28. The van der Waals surface area contributed by atoms with Gasteiger partial charge in [-0.15, -0.1) is 15.0 Å². The molecular weight excluding hydrogens is 452 g/mol. The molecule has 1 aliphatic rings. The second-order valence-electron chi connectivity index (χ2n) is 9.44. The third-order valence-electron chi connectivity index (χ3n) is 6.84. The number of hydrogen-bond donors (Lipinski definition) is 1. The van der Waals surface area contributed by atoms with E-state index in [2.05, 4.69) is 17.1 Å². The standard InChI is InChI=1S/C29H30N4O3/c1-3-4-5-6-7-16-25(32-28(35)20-12-8-9-13-21(20)29(32)36)22-17-19(2)18-26(27(22)34)33-30-23-14-10-11-15-24(23)31-33/h8-15,17-18,25,34H,3-7,16H2,1-2H3. The van der Waals surface area contributed by atoms with Crippen molar-refractivity contribution in [3.63, 3.8) is 0 Å². The molecule has 0 saturated heterocycles. The average molecular weight is 483 g/mol. The molecule has 1 unspecified atom stereocenters. The molecule has 7 nitrogen and oxygen atoms in total. The van der Waals surface area contributed by atoms with E-state index < -0.39 is 6.04 Å². The molecule has 0 spiro atoms. The summed E-state index contributed by atoms with van der Waals surface area (Å²) in [5, 5.41) is 20.6. The number of amides is 2. The van der Waals surface area contributed by atoms with Crippen LogP contribution >= 0.6 is 0 Å². The Morgan fingerprint density at radius 1 is 0.833 bits per heavy atom. The Kier molecular flexibility index (Phi) is 6.55. The van der Waals surface area contributed by atoms with Gasteiger partial charge >= 0.3 is 0 Å². The first kappa shape index (κ1) is 23.7. The second-order valence-corrected chi connectivity index (χ2v) is 9.44. The number of phenolic OH excluding ortho intramolecular Hbond substituents is 1. The molecule has 0 aliphatic carbocycles. The van der Waals surface area contributed by atoms with Crippen LogP contribution in [-0.4, -0.2) is 36.8 Å². The van der Waals surface area contributed by atoms with E-state index in [1.165, 1.54) is 9.70 Å². The van der Waals surface area contributed by atoms with Crippen molar-refractivity contribution >= 4 is 22.8 Å². The van der Waals surface area contributed by atoms with Gasteiger partial charge in [-0.25, -0.2) is 0 Å². The quantitative estimate of drug-likeness (QED) is 0.229. The average Bonchev–Trinajstić information content (AvgIpc) is 3.42. The maximum absolute atomic E-state index is 13.4. The van der Waals surface area contributed by atoms with Crippen molar-refractivity contribution < 1.29 is 14.7 Å². The SMILES string of the molecule is CCCCCCCC(c1cc(C)cc(-n2nc3ccccc3n2)c1O)N1C(=O)c2ccccc2C1=O. The predicted molar refractivity (Wildman–Crippen MR) is 138 cm³/mol. The highest BCUT2D eigenvalue weighted by atomic mass is 16.3. The van der Waals surface area contributed by atoms with Gasteiger partial charge in [0.05, 0.1) is 17.2 Å². The van der Waals surface area contributed by atoms with Crippen molar-refractivity contribution in [2.75, 3.05) is 0 Å². The van der Waals surface area contributed by atoms with Gasteiger partial charge in [-0.1, -0.05) is 69.4 Å². The minimum Gasteiger partial charge on any atom is -0.505 e. The maximum atomic E-state index is 13.4. The largest absolute Gasteiger partial charge is 0.505 e. The van der Waals surface area contributed by atoms with Crippen molar-refractivity contribution in [1.29, 1.82) is 0 Å². The lowest BCUT2D eigenvalue weighted by atomic mass is 9.95. The molecule has 3 aromatic carbocycles. The van der Waals surface area contributed by atoms with Crippen LogP contribution in [0.4, 0.5) is 0 Å². The number of aromatic nitrogens is 3. The number of aryl methyl sites for hydroxylation is 1. The molecule has 184 valence electrons. The van der Waals surface area contributed by atoms with Crippen LogP contribution in [0.2, 0.25) is 0 Å². The molecule has 7 heteroatoms. The summed E-state index contributed by atoms with van der Waals surface area (Å²) in [5.74, 6) is -0.657. The van der Waals surface area contributed by atoms with Crippen LogP contribution in [0.15, 0.2) is 60.7 Å². The Bertz CT molecular complexity index is 1370. The molecule has 0 saturated carbocycles. The van der Waals surface area contributed by atoms with Crippen LogP contribution in [0, 0.1) is 6.92 Å². The number of fused-ring (bicyclic) bond motifs is 2. The summed E-state index contributed by atoms with van der Waals surface area (Å²) in [7, 11) is 0. The Labute approximate surface area is 210 Å². The van der Waals surface area contributed by atoms with Gasteiger partial charge in [0.15, 0.2) is 0 Å². The van der Waals surface area contributed by atoms with Gasteiger partial charge in [-0.2, -0.15) is 0 Å². The zero-order valence-electron chi connectivity index (χ0n) is 20.6. The molecule has 4 aromatic rings. The summed E-state index contributed by atoms with van der Waals surface area (Å²) >= 11 is 0. The Hall–Kier alpha value is -4.00. The molecule has 0 radical (unpaired) electrons. The highest BCUT2D eigenvalue weighted by molar-refractivity contribution is 6.21. The first-order chi connectivity index (χ1) is 17.5. The minimum atomic E-state index is -0.595. The monoisotopic (exact) mass is 482 g/mol. The number of imide groups is 1. The number of phenols is 1. The van der Waals surface area contributed by atoms with Crippen LogP contribution in [0.5, 0.6) is 5.75 Å². The first-order valence-corrected chi connectivity index (χ1v) is 12.6. The van der Waals surface area contributed by atoms with Gasteiger partial charge in [-0.05, 0) is 49.2 Å². The van der Waals surface area contributed by atoms with Crippen LogP contribution < -0.4 is 0 Å². The van der Waals surface area contributed by atoms with E-state index in [1.807, 2.05) is 43.3 Å². The number of benzene rings is 3. The molecule has 1 N–H and O–H groups in total. The summed E-state index contributed by atoms with van der Waals surface area (Å²) in [6.45, 7) is 4.09. The fraction of sp³-hybridized carbons (Fsp3) is 0.310. The van der Waals surface area contributed by atoms with Gasteiger partial charge in [0.2, 0.25) is 0 Å². The summed E-state index contributed by atoms with van der Waals surface area (Å²) < 4.78 is 0. The molecule has 1 aliphatic heterocycles. The van der Waals surface area contributed by atoms with E-state index in [4.69, 9.17) is 0 Å². The van der Waals surface area contributed by atoms with E-state index in [0.29, 0.717) is 39.8 Å². The van der Waals surface area contributed by atoms with Crippen molar-refractivity contribution in [1.82, 2.24) is 19.9 Å². The van der Waals surface area contributed by atoms with Crippen molar-refractivity contribution in [3.05, 3.63) is 82.9 Å². The Morgan fingerprint density at radius 3 is 2.03 bits per heavy atom. The number of nitrogens with zero attached hydrogens (tertiary/aromatic N) is 4. The number of hydrogen-bond acceptors (Lipinski definition) is 5. The third-order valence-corrected chi connectivity index (χ3v) is 6.84. The van der Waals surface area contributed by atoms with E-state index >= 15 is 0 Å². The fourth-order valence-electron chi connectivity index (χ4n) is 5.02. The molecule has 0 fully saturated rings. The number of carbonyl (C=O) groups excluding carboxylic acids is 2. The summed E-state index contributed by atoms with van der Waals surface area (Å²) in [6.07, 6.45) is 5.79. The lowest BCUT2D eigenvalue weighted by molar-refractivity contribution is 0.0570. The second kappa shape index (κ2) is 9.93. The molecule has 1 atom stereocenters. The molecular formula is C29H30N4O3. The molecule has 2 heterocycles. The third kappa shape index (κ3) is 4.26. The van der Waals surface area contributed by atoms with Crippen molar-refractivity contribution in [2.24, 2.45) is 0 Å². The topological polar surface area (TPSA) is 88.3 Å². The maximum Gasteiger partial charge on any atom is 0.262 e. The smallest absolute Gasteiger partial charge is 0.262 e. The van der Waals surface area contributed by atoms with Crippen LogP contribution in [0.3, 0.4) is 0 Å². The van der Waals surface area contributed by atoms with Crippen molar-refractivity contribution in [3.8, 4) is 11.4 Å². The minimum absolute atomic E-state index is 0.0176. The van der Waals surface area contributed by atoms with Gasteiger partial charge < -0.3 is 5.11 Å². The van der Waals surface area contributed by atoms with Gasteiger partial charge in [-0.3, -0.25) is 14.5 Å². The fourth-order valence-corrected chi connectivity index (χ4v) is 5.02. The normalized spacial score (nSPS) is 14.0. The van der Waals surface area contributed by atoms with E-state index in [0.717, 1.165) is 37.7 Å². The number of aromatic hydroxyl groups is 1. The molecule has 1 aromatic heterocycles. The van der Waals surface area contributed by atoms with Crippen LogP contribution in [0.25, 0.3) is 16.7 Å². The number of rotatable bonds is 9. The van der Waals surface area contributed by atoms with Gasteiger partial charge in [0.1, 0.15) is 22.5 Å². The summed E-state index contributed by atoms with van der Waals surface area (Å²) in [4.78, 5) is 29.6. The van der Waals surface area contributed by atoms with E-state index in [9.17, 15) is 14.7 Å². The molecule has 2 amide bonds. The van der Waals surface area contributed by atoms with Gasteiger partial charge in [0.25, 0.3) is 11.8 Å². The first-order valence-electron chi connectivity index (χ1n) is 12.6. The van der Waals surface area contributed by atoms with E-state index in [-0.39, 0.29) is 17.6 Å². The lowest BCUT2D eigenvalue weighted by Crippen LogP contribution is -2.34. The number of carbonyl (C=O) groups is 2. The highest BCUT2D eigenvalue weighted by Gasteiger charge is 2.41. The van der Waals surface area contributed by atoms with Crippen LogP contribution in [0.1, 0.15) is 83.3 Å².